The highest BCUT2D eigenvalue weighted by atomic mass is 16.5. The van der Waals surface area contributed by atoms with Gasteiger partial charge in [-0.15, -0.1) is 0 Å². The van der Waals surface area contributed by atoms with Gasteiger partial charge in [0.15, 0.2) is 0 Å². The predicted octanol–water partition coefficient (Wildman–Crippen LogP) is 4.24. The minimum absolute atomic E-state index is 0.0660. The molecule has 0 saturated heterocycles. The average molecular weight is 290 g/mol. The molecule has 21 heavy (non-hydrogen) atoms. The third-order valence-electron chi connectivity index (χ3n) is 3.46. The summed E-state index contributed by atoms with van der Waals surface area (Å²) in [6, 6.07) is 6.19. The van der Waals surface area contributed by atoms with Crippen molar-refractivity contribution in [2.45, 2.75) is 45.4 Å². The van der Waals surface area contributed by atoms with E-state index < -0.39 is 5.63 Å². The summed E-state index contributed by atoms with van der Waals surface area (Å²) in [7, 11) is 0. The number of hydrogen-bond donors (Lipinski definition) is 1. The molecule has 0 bridgehead atoms. The average Bonchev–Trinajstić information content (AvgIpc) is 2.45. The van der Waals surface area contributed by atoms with E-state index in [1.165, 1.54) is 32.1 Å². The van der Waals surface area contributed by atoms with Gasteiger partial charge in [0.25, 0.3) is 0 Å². The van der Waals surface area contributed by atoms with Crippen LogP contribution in [0.25, 0.3) is 11.0 Å². The van der Waals surface area contributed by atoms with Gasteiger partial charge < -0.3 is 14.3 Å². The lowest BCUT2D eigenvalue weighted by atomic mass is 10.1. The number of benzene rings is 1. The van der Waals surface area contributed by atoms with Gasteiger partial charge in [-0.25, -0.2) is 4.79 Å². The second-order valence-electron chi connectivity index (χ2n) is 5.22. The fourth-order valence-corrected chi connectivity index (χ4v) is 2.29. The molecule has 0 unspecified atom stereocenters. The van der Waals surface area contributed by atoms with Crippen molar-refractivity contribution < 1.29 is 14.3 Å². The van der Waals surface area contributed by atoms with E-state index in [0.29, 0.717) is 23.3 Å². The molecular weight excluding hydrogens is 268 g/mol. The van der Waals surface area contributed by atoms with Crippen LogP contribution < -0.4 is 10.4 Å². The zero-order valence-corrected chi connectivity index (χ0v) is 12.4. The fourth-order valence-electron chi connectivity index (χ4n) is 2.29. The van der Waals surface area contributed by atoms with Gasteiger partial charge >= 0.3 is 5.63 Å². The lowest BCUT2D eigenvalue weighted by molar-refractivity contribution is 0.304. The van der Waals surface area contributed by atoms with Gasteiger partial charge in [-0.3, -0.25) is 0 Å². The number of ether oxygens (including phenoxy) is 1. The van der Waals surface area contributed by atoms with Crippen LogP contribution in [-0.4, -0.2) is 11.7 Å². The minimum Gasteiger partial charge on any atom is -0.507 e. The van der Waals surface area contributed by atoms with Gasteiger partial charge in [0, 0.05) is 6.07 Å². The zero-order chi connectivity index (χ0) is 15.1. The maximum atomic E-state index is 11.2. The van der Waals surface area contributed by atoms with Gasteiger partial charge in [0.05, 0.1) is 18.1 Å². The Balaban J connectivity index is 1.87. The molecule has 1 aromatic heterocycles. The third-order valence-corrected chi connectivity index (χ3v) is 3.46. The molecule has 1 N–H and O–H groups in total. The van der Waals surface area contributed by atoms with Crippen molar-refractivity contribution in [2.24, 2.45) is 0 Å². The molecule has 2 aromatic rings. The molecule has 0 atom stereocenters. The maximum Gasteiger partial charge on any atom is 0.339 e. The Kier molecular flexibility index (Phi) is 5.67. The van der Waals surface area contributed by atoms with Crippen LogP contribution in [0.2, 0.25) is 0 Å². The lowest BCUT2D eigenvalue weighted by Gasteiger charge is -2.07. The molecule has 2 rings (SSSR count). The molecule has 114 valence electrons. The first-order valence-corrected chi connectivity index (χ1v) is 7.60. The first kappa shape index (κ1) is 15.4. The van der Waals surface area contributed by atoms with Gasteiger partial charge in [-0.1, -0.05) is 39.0 Å². The molecule has 0 radical (unpaired) electrons. The molecule has 0 aliphatic heterocycles. The molecule has 4 heteroatoms. The Bertz CT molecular complexity index is 630. The summed E-state index contributed by atoms with van der Waals surface area (Å²) in [6.45, 7) is 2.86. The van der Waals surface area contributed by atoms with Crippen molar-refractivity contribution in [1.29, 1.82) is 0 Å². The zero-order valence-electron chi connectivity index (χ0n) is 12.4. The summed E-state index contributed by atoms with van der Waals surface area (Å²) in [4.78, 5) is 11.2. The minimum atomic E-state index is -0.562. The van der Waals surface area contributed by atoms with Gasteiger partial charge in [-0.05, 0) is 18.6 Å². The van der Waals surface area contributed by atoms with Crippen LogP contribution in [0, 0.1) is 0 Å². The predicted molar refractivity (Wildman–Crippen MR) is 83.0 cm³/mol. The summed E-state index contributed by atoms with van der Waals surface area (Å²) >= 11 is 0. The highest BCUT2D eigenvalue weighted by Crippen LogP contribution is 2.26. The van der Waals surface area contributed by atoms with Crippen LogP contribution in [-0.2, 0) is 0 Å². The van der Waals surface area contributed by atoms with Crippen LogP contribution in [0.1, 0.15) is 45.4 Å². The Morgan fingerprint density at radius 1 is 1.10 bits per heavy atom. The SMILES string of the molecule is CCCCCCCCOc1ccc2c(O)cc(=O)oc2c1. The molecule has 0 saturated carbocycles. The summed E-state index contributed by atoms with van der Waals surface area (Å²) in [5.41, 5.74) is -0.214. The standard InChI is InChI=1S/C17H22O4/c1-2-3-4-5-6-7-10-20-13-8-9-14-15(18)12-17(19)21-16(14)11-13/h8-9,11-12,18H,2-7,10H2,1H3. The Labute approximate surface area is 124 Å². The Morgan fingerprint density at radius 3 is 2.67 bits per heavy atom. The molecular formula is C17H22O4. The Hall–Kier alpha value is -1.97. The molecule has 0 fully saturated rings. The van der Waals surface area contributed by atoms with Crippen molar-refractivity contribution in [3.05, 3.63) is 34.7 Å². The molecule has 0 amide bonds. The fraction of sp³-hybridized carbons (Fsp3) is 0.471. The highest BCUT2D eigenvalue weighted by molar-refractivity contribution is 5.83. The third kappa shape index (κ3) is 4.52. The topological polar surface area (TPSA) is 59.7 Å². The van der Waals surface area contributed by atoms with E-state index in [9.17, 15) is 9.90 Å². The molecule has 1 aromatic carbocycles. The second-order valence-corrected chi connectivity index (χ2v) is 5.22. The first-order chi connectivity index (χ1) is 10.2. The number of hydrogen-bond acceptors (Lipinski definition) is 4. The van der Waals surface area contributed by atoms with E-state index in [1.807, 2.05) is 0 Å². The van der Waals surface area contributed by atoms with E-state index in [2.05, 4.69) is 6.92 Å². The van der Waals surface area contributed by atoms with Crippen LogP contribution in [0.15, 0.2) is 33.5 Å². The van der Waals surface area contributed by atoms with Gasteiger partial charge in [0.2, 0.25) is 0 Å². The smallest absolute Gasteiger partial charge is 0.339 e. The van der Waals surface area contributed by atoms with Gasteiger partial charge in [-0.2, -0.15) is 0 Å². The number of unbranched alkanes of at least 4 members (excludes halogenated alkanes) is 5. The van der Waals surface area contributed by atoms with Crippen molar-refractivity contribution in [3.8, 4) is 11.5 Å². The van der Waals surface area contributed by atoms with Gasteiger partial charge in [0.1, 0.15) is 17.1 Å². The first-order valence-electron chi connectivity index (χ1n) is 7.60. The van der Waals surface area contributed by atoms with E-state index in [0.717, 1.165) is 12.5 Å². The van der Waals surface area contributed by atoms with Crippen LogP contribution in [0.4, 0.5) is 0 Å². The van der Waals surface area contributed by atoms with E-state index >= 15 is 0 Å². The molecule has 1 heterocycles. The largest absolute Gasteiger partial charge is 0.507 e. The monoisotopic (exact) mass is 290 g/mol. The highest BCUT2D eigenvalue weighted by Gasteiger charge is 2.05. The number of fused-ring (bicyclic) bond motifs is 1. The maximum absolute atomic E-state index is 11.2. The van der Waals surface area contributed by atoms with Crippen molar-refractivity contribution >= 4 is 11.0 Å². The molecule has 0 aliphatic rings. The van der Waals surface area contributed by atoms with E-state index in [1.54, 1.807) is 18.2 Å². The lowest BCUT2D eigenvalue weighted by Crippen LogP contribution is -1.99. The summed E-state index contributed by atoms with van der Waals surface area (Å²) in [5, 5.41) is 10.2. The number of rotatable bonds is 8. The van der Waals surface area contributed by atoms with E-state index in [-0.39, 0.29) is 5.75 Å². The number of aromatic hydroxyl groups is 1. The molecule has 0 spiro atoms. The van der Waals surface area contributed by atoms with Crippen molar-refractivity contribution in [3.63, 3.8) is 0 Å². The van der Waals surface area contributed by atoms with Crippen molar-refractivity contribution in [2.75, 3.05) is 6.61 Å². The second kappa shape index (κ2) is 7.72. The van der Waals surface area contributed by atoms with Crippen LogP contribution >= 0.6 is 0 Å². The summed E-state index contributed by atoms with van der Waals surface area (Å²) in [6.07, 6.45) is 7.28. The van der Waals surface area contributed by atoms with E-state index in [4.69, 9.17) is 9.15 Å². The quantitative estimate of drug-likeness (QED) is 0.583. The molecule has 0 aliphatic carbocycles. The van der Waals surface area contributed by atoms with Crippen molar-refractivity contribution in [1.82, 2.24) is 0 Å². The summed E-state index contributed by atoms with van der Waals surface area (Å²) in [5.74, 6) is 0.591. The Morgan fingerprint density at radius 2 is 1.86 bits per heavy atom. The molecule has 4 nitrogen and oxygen atoms in total. The summed E-state index contributed by atoms with van der Waals surface area (Å²) < 4.78 is 10.7. The van der Waals surface area contributed by atoms with Crippen LogP contribution in [0.5, 0.6) is 11.5 Å². The van der Waals surface area contributed by atoms with Crippen LogP contribution in [0.3, 0.4) is 0 Å². The normalized spacial score (nSPS) is 10.9.